The zero-order valence-corrected chi connectivity index (χ0v) is 13.9. The van der Waals surface area contributed by atoms with Crippen molar-refractivity contribution in [2.75, 3.05) is 7.11 Å². The number of amides is 1. The van der Waals surface area contributed by atoms with Gasteiger partial charge in [0, 0.05) is 10.7 Å². The van der Waals surface area contributed by atoms with Gasteiger partial charge in [-0.25, -0.2) is 5.43 Å². The van der Waals surface area contributed by atoms with E-state index in [2.05, 4.69) is 31.4 Å². The molecule has 3 rings (SSSR count). The van der Waals surface area contributed by atoms with Crippen LogP contribution in [-0.2, 0) is 0 Å². The van der Waals surface area contributed by atoms with Crippen LogP contribution in [-0.4, -0.2) is 24.2 Å². The second kappa shape index (κ2) is 6.66. The van der Waals surface area contributed by atoms with Gasteiger partial charge in [0.2, 0.25) is 0 Å². The molecular formula is C17H14BrN3O2. The summed E-state index contributed by atoms with van der Waals surface area (Å²) in [5, 5.41) is 6.15. The first kappa shape index (κ1) is 15.3. The molecule has 0 radical (unpaired) electrons. The van der Waals surface area contributed by atoms with Crippen molar-refractivity contribution in [1.29, 1.82) is 0 Å². The number of aromatic nitrogens is 1. The number of hydrogen-bond acceptors (Lipinski definition) is 3. The summed E-state index contributed by atoms with van der Waals surface area (Å²) < 4.78 is 6.02. The van der Waals surface area contributed by atoms with E-state index in [1.807, 2.05) is 36.4 Å². The van der Waals surface area contributed by atoms with Crippen molar-refractivity contribution in [3.63, 3.8) is 0 Å². The van der Waals surface area contributed by atoms with Crippen molar-refractivity contribution in [3.05, 3.63) is 64.4 Å². The predicted octanol–water partition coefficient (Wildman–Crippen LogP) is 3.70. The van der Waals surface area contributed by atoms with Gasteiger partial charge in [0.15, 0.2) is 0 Å². The molecule has 0 saturated carbocycles. The molecule has 2 aromatic carbocycles. The highest BCUT2D eigenvalue weighted by Crippen LogP contribution is 2.21. The molecule has 3 aromatic rings. The van der Waals surface area contributed by atoms with Crippen LogP contribution in [0.2, 0.25) is 0 Å². The molecule has 0 aliphatic heterocycles. The summed E-state index contributed by atoms with van der Waals surface area (Å²) >= 11 is 3.28. The summed E-state index contributed by atoms with van der Waals surface area (Å²) in [6.07, 6.45) is 3.30. The lowest BCUT2D eigenvalue weighted by molar-refractivity contribution is 0.0951. The lowest BCUT2D eigenvalue weighted by Gasteiger charge is -2.03. The normalized spacial score (nSPS) is 11.0. The topological polar surface area (TPSA) is 66.5 Å². The highest BCUT2D eigenvalue weighted by molar-refractivity contribution is 9.10. The molecule has 5 nitrogen and oxygen atoms in total. The molecule has 1 amide bonds. The van der Waals surface area contributed by atoms with E-state index in [1.54, 1.807) is 25.6 Å². The predicted molar refractivity (Wildman–Crippen MR) is 94.1 cm³/mol. The summed E-state index contributed by atoms with van der Waals surface area (Å²) in [6, 6.07) is 13.5. The van der Waals surface area contributed by atoms with Crippen LogP contribution < -0.4 is 10.2 Å². The first-order valence-electron chi connectivity index (χ1n) is 6.91. The number of carbonyl (C=O) groups is 1. The van der Waals surface area contributed by atoms with E-state index in [4.69, 9.17) is 4.74 Å². The summed E-state index contributed by atoms with van der Waals surface area (Å²) in [6.45, 7) is 0. The van der Waals surface area contributed by atoms with Gasteiger partial charge < -0.3 is 9.72 Å². The number of hydrogen-bond donors (Lipinski definition) is 2. The van der Waals surface area contributed by atoms with E-state index in [9.17, 15) is 4.79 Å². The Balaban J connectivity index is 1.72. The van der Waals surface area contributed by atoms with Gasteiger partial charge >= 0.3 is 0 Å². The average molecular weight is 372 g/mol. The molecule has 0 fully saturated rings. The maximum Gasteiger partial charge on any atom is 0.287 e. The number of rotatable bonds is 4. The number of nitrogens with one attached hydrogen (secondary N) is 2. The van der Waals surface area contributed by atoms with E-state index >= 15 is 0 Å². The van der Waals surface area contributed by atoms with Crippen LogP contribution in [0.5, 0.6) is 5.75 Å². The van der Waals surface area contributed by atoms with Gasteiger partial charge in [-0.05, 0) is 56.5 Å². The number of hydrazone groups is 1. The monoisotopic (exact) mass is 371 g/mol. The highest BCUT2D eigenvalue weighted by Gasteiger charge is 2.05. The summed E-state index contributed by atoms with van der Waals surface area (Å²) in [4.78, 5) is 14.7. The average Bonchev–Trinajstić information content (AvgIpc) is 3.01. The van der Waals surface area contributed by atoms with Gasteiger partial charge in [-0.1, -0.05) is 18.2 Å². The quantitative estimate of drug-likeness (QED) is 0.542. The fourth-order valence-corrected chi connectivity index (χ4v) is 2.52. The van der Waals surface area contributed by atoms with Crippen LogP contribution in [0.4, 0.5) is 0 Å². The Bertz CT molecular complexity index is 886. The Labute approximate surface area is 141 Å². The van der Waals surface area contributed by atoms with Gasteiger partial charge in [0.25, 0.3) is 5.91 Å². The molecule has 0 aliphatic rings. The van der Waals surface area contributed by atoms with Crippen LogP contribution in [0.1, 0.15) is 16.1 Å². The van der Waals surface area contributed by atoms with E-state index in [0.29, 0.717) is 5.69 Å². The Morgan fingerprint density at radius 1 is 1.22 bits per heavy atom. The lowest BCUT2D eigenvalue weighted by atomic mass is 10.1. The van der Waals surface area contributed by atoms with E-state index in [-0.39, 0.29) is 5.91 Å². The Hall–Kier alpha value is -2.60. The van der Waals surface area contributed by atoms with Crippen molar-refractivity contribution < 1.29 is 9.53 Å². The first-order chi connectivity index (χ1) is 11.2. The summed E-state index contributed by atoms with van der Waals surface area (Å²) in [5.74, 6) is 0.528. The summed E-state index contributed by atoms with van der Waals surface area (Å²) in [7, 11) is 1.65. The van der Waals surface area contributed by atoms with Crippen LogP contribution >= 0.6 is 15.9 Å². The van der Waals surface area contributed by atoms with Gasteiger partial charge in [-0.15, -0.1) is 0 Å². The molecule has 116 valence electrons. The molecule has 0 spiro atoms. The third kappa shape index (κ3) is 3.60. The number of H-pyrrole nitrogens is 1. The number of benzene rings is 2. The van der Waals surface area contributed by atoms with Gasteiger partial charge in [0.1, 0.15) is 11.4 Å². The van der Waals surface area contributed by atoms with Crippen molar-refractivity contribution >= 4 is 38.8 Å². The zero-order chi connectivity index (χ0) is 16.2. The number of carbonyl (C=O) groups excluding carboxylic acids is 1. The van der Waals surface area contributed by atoms with Crippen LogP contribution in [0.25, 0.3) is 10.8 Å². The van der Waals surface area contributed by atoms with Crippen LogP contribution in [0, 0.1) is 0 Å². The maximum absolute atomic E-state index is 11.8. The molecule has 2 N–H and O–H groups in total. The number of ether oxygens (including phenoxy) is 1. The molecule has 0 atom stereocenters. The molecule has 1 aromatic heterocycles. The van der Waals surface area contributed by atoms with Crippen molar-refractivity contribution in [2.24, 2.45) is 5.10 Å². The largest absolute Gasteiger partial charge is 0.497 e. The van der Waals surface area contributed by atoms with Crippen LogP contribution in [0.15, 0.2) is 58.2 Å². The Morgan fingerprint density at radius 3 is 2.74 bits per heavy atom. The summed E-state index contributed by atoms with van der Waals surface area (Å²) in [5.41, 5.74) is 3.83. The SMILES string of the molecule is COc1ccc2cc(/C=N\NC(=O)c3cc(Br)c[nH]3)ccc2c1. The number of fused-ring (bicyclic) bond motifs is 1. The Morgan fingerprint density at radius 2 is 2.00 bits per heavy atom. The fraction of sp³-hybridized carbons (Fsp3) is 0.0588. The zero-order valence-electron chi connectivity index (χ0n) is 12.3. The Kier molecular flexibility index (Phi) is 4.43. The van der Waals surface area contributed by atoms with Crippen molar-refractivity contribution in [2.45, 2.75) is 0 Å². The molecule has 0 aliphatic carbocycles. The molecule has 6 heteroatoms. The van der Waals surface area contributed by atoms with Gasteiger partial charge in [0.05, 0.1) is 13.3 Å². The first-order valence-corrected chi connectivity index (χ1v) is 7.70. The third-order valence-electron chi connectivity index (χ3n) is 3.34. The molecule has 0 unspecified atom stereocenters. The second-order valence-electron chi connectivity index (χ2n) is 4.90. The lowest BCUT2D eigenvalue weighted by Crippen LogP contribution is -2.17. The van der Waals surface area contributed by atoms with Crippen LogP contribution in [0.3, 0.4) is 0 Å². The standard InChI is InChI=1S/C17H14BrN3O2/c1-23-15-5-4-12-6-11(2-3-13(12)7-15)9-20-21-17(22)16-8-14(18)10-19-16/h2-10,19H,1H3,(H,21,22)/b20-9-. The molecular weight excluding hydrogens is 358 g/mol. The number of aromatic amines is 1. The fourth-order valence-electron chi connectivity index (χ4n) is 2.17. The molecule has 1 heterocycles. The second-order valence-corrected chi connectivity index (χ2v) is 5.82. The minimum Gasteiger partial charge on any atom is -0.497 e. The maximum atomic E-state index is 11.8. The molecule has 0 saturated heterocycles. The smallest absolute Gasteiger partial charge is 0.287 e. The number of methoxy groups -OCH3 is 1. The number of halogens is 1. The van der Waals surface area contributed by atoms with Crippen molar-refractivity contribution in [3.8, 4) is 5.75 Å². The molecule has 0 bridgehead atoms. The van der Waals surface area contributed by atoms with E-state index in [0.717, 1.165) is 26.6 Å². The molecule has 23 heavy (non-hydrogen) atoms. The van der Waals surface area contributed by atoms with E-state index < -0.39 is 0 Å². The minimum atomic E-state index is -0.294. The minimum absolute atomic E-state index is 0.294. The van der Waals surface area contributed by atoms with Gasteiger partial charge in [-0.2, -0.15) is 5.10 Å². The highest BCUT2D eigenvalue weighted by atomic mass is 79.9. The van der Waals surface area contributed by atoms with Crippen molar-refractivity contribution in [1.82, 2.24) is 10.4 Å². The van der Waals surface area contributed by atoms with E-state index in [1.165, 1.54) is 0 Å². The number of nitrogens with zero attached hydrogens (tertiary/aromatic N) is 1. The van der Waals surface area contributed by atoms with Gasteiger partial charge in [-0.3, -0.25) is 4.79 Å². The third-order valence-corrected chi connectivity index (χ3v) is 3.80.